The molecule has 3 nitrogen and oxygen atoms in total. The van der Waals surface area contributed by atoms with Crippen LogP contribution in [0.15, 0.2) is 0 Å². The molecule has 1 unspecified atom stereocenters. The van der Waals surface area contributed by atoms with E-state index in [0.29, 0.717) is 6.42 Å². The summed E-state index contributed by atoms with van der Waals surface area (Å²) in [5.41, 5.74) is 0.0670. The molecule has 1 saturated heterocycles. The molecular weight excluding hydrogens is 224 g/mol. The predicted molar refractivity (Wildman–Crippen MR) is 74.4 cm³/mol. The van der Waals surface area contributed by atoms with Crippen molar-refractivity contribution >= 4 is 5.91 Å². The second-order valence-corrected chi connectivity index (χ2v) is 6.69. The van der Waals surface area contributed by atoms with E-state index in [-0.39, 0.29) is 11.4 Å². The molecular formula is C15H28N2O. The Bertz CT molecular complexity index is 276. The number of rotatable bonds is 4. The van der Waals surface area contributed by atoms with Crippen molar-refractivity contribution in [2.24, 2.45) is 11.8 Å². The summed E-state index contributed by atoms with van der Waals surface area (Å²) in [7, 11) is 0. The molecule has 3 heteroatoms. The molecule has 1 saturated carbocycles. The third kappa shape index (κ3) is 3.98. The lowest BCUT2D eigenvalue weighted by Gasteiger charge is -2.37. The van der Waals surface area contributed by atoms with Crippen LogP contribution < -0.4 is 10.6 Å². The van der Waals surface area contributed by atoms with E-state index in [1.165, 1.54) is 19.3 Å². The summed E-state index contributed by atoms with van der Waals surface area (Å²) in [6.07, 6.45) is 7.79. The average Bonchev–Trinajstić information content (AvgIpc) is 2.84. The third-order valence-corrected chi connectivity index (χ3v) is 4.76. The Kier molecular flexibility index (Phi) is 4.66. The Morgan fingerprint density at radius 1 is 1.33 bits per heavy atom. The number of nitrogens with one attached hydrogen (secondary N) is 2. The molecule has 18 heavy (non-hydrogen) atoms. The van der Waals surface area contributed by atoms with Crippen LogP contribution in [0.3, 0.4) is 0 Å². The molecule has 1 aliphatic heterocycles. The third-order valence-electron chi connectivity index (χ3n) is 4.76. The molecule has 1 heterocycles. The molecule has 2 rings (SSSR count). The van der Waals surface area contributed by atoms with E-state index in [4.69, 9.17) is 0 Å². The van der Waals surface area contributed by atoms with Gasteiger partial charge in [0.1, 0.15) is 0 Å². The lowest BCUT2D eigenvalue weighted by atomic mass is 9.78. The summed E-state index contributed by atoms with van der Waals surface area (Å²) >= 11 is 0. The van der Waals surface area contributed by atoms with Gasteiger partial charge in [-0.1, -0.05) is 6.92 Å². The van der Waals surface area contributed by atoms with Crippen LogP contribution in [0.5, 0.6) is 0 Å². The largest absolute Gasteiger partial charge is 0.351 e. The molecule has 104 valence electrons. The van der Waals surface area contributed by atoms with Crippen molar-refractivity contribution in [1.82, 2.24) is 10.6 Å². The van der Waals surface area contributed by atoms with Crippen LogP contribution in [0.2, 0.25) is 0 Å². The van der Waals surface area contributed by atoms with Gasteiger partial charge in [0.05, 0.1) is 0 Å². The fourth-order valence-electron chi connectivity index (χ4n) is 3.22. The summed E-state index contributed by atoms with van der Waals surface area (Å²) in [5, 5.41) is 6.64. The standard InChI is InChI=1S/C15H28N2O/c1-12-5-8-15(2,9-6-12)17-14(18)4-3-13-7-10-16-11-13/h12-13,16H,3-11H2,1-2H3,(H,17,18). The highest BCUT2D eigenvalue weighted by molar-refractivity contribution is 5.76. The SMILES string of the molecule is CC1CCC(C)(NC(=O)CCC2CCNC2)CC1. The van der Waals surface area contributed by atoms with Crippen LogP contribution in [0.25, 0.3) is 0 Å². The second kappa shape index (κ2) is 6.05. The van der Waals surface area contributed by atoms with Gasteiger partial charge in [-0.2, -0.15) is 0 Å². The first-order valence-electron chi connectivity index (χ1n) is 7.59. The summed E-state index contributed by atoms with van der Waals surface area (Å²) < 4.78 is 0. The molecule has 0 radical (unpaired) electrons. The number of carbonyl (C=O) groups is 1. The molecule has 2 fully saturated rings. The Labute approximate surface area is 111 Å². The van der Waals surface area contributed by atoms with Gasteiger partial charge < -0.3 is 10.6 Å². The van der Waals surface area contributed by atoms with Crippen LogP contribution in [0.1, 0.15) is 58.8 Å². The van der Waals surface area contributed by atoms with Gasteiger partial charge in [-0.3, -0.25) is 4.79 Å². The van der Waals surface area contributed by atoms with Crippen LogP contribution in [-0.2, 0) is 4.79 Å². The van der Waals surface area contributed by atoms with E-state index >= 15 is 0 Å². The Morgan fingerprint density at radius 2 is 2.06 bits per heavy atom. The smallest absolute Gasteiger partial charge is 0.220 e. The van der Waals surface area contributed by atoms with Gasteiger partial charge in [0, 0.05) is 12.0 Å². The number of hydrogen-bond acceptors (Lipinski definition) is 2. The maximum atomic E-state index is 12.0. The maximum absolute atomic E-state index is 12.0. The zero-order valence-electron chi connectivity index (χ0n) is 11.9. The van der Waals surface area contributed by atoms with Gasteiger partial charge in [0.25, 0.3) is 0 Å². The highest BCUT2D eigenvalue weighted by Gasteiger charge is 2.30. The monoisotopic (exact) mass is 252 g/mol. The zero-order valence-corrected chi connectivity index (χ0v) is 11.9. The normalized spacial score (nSPS) is 36.6. The Morgan fingerprint density at radius 3 is 2.67 bits per heavy atom. The van der Waals surface area contributed by atoms with Crippen molar-refractivity contribution in [2.45, 2.75) is 64.3 Å². The minimum absolute atomic E-state index is 0.0670. The van der Waals surface area contributed by atoms with E-state index < -0.39 is 0 Å². The van der Waals surface area contributed by atoms with Crippen LogP contribution in [0.4, 0.5) is 0 Å². The first-order chi connectivity index (χ1) is 8.57. The quantitative estimate of drug-likeness (QED) is 0.807. The number of carbonyl (C=O) groups excluding carboxylic acids is 1. The van der Waals surface area contributed by atoms with Gasteiger partial charge in [-0.15, -0.1) is 0 Å². The maximum Gasteiger partial charge on any atom is 0.220 e. The Hall–Kier alpha value is -0.570. The molecule has 1 amide bonds. The number of hydrogen-bond donors (Lipinski definition) is 2. The Balaban J connectivity index is 1.69. The highest BCUT2D eigenvalue weighted by Crippen LogP contribution is 2.31. The van der Waals surface area contributed by atoms with Gasteiger partial charge >= 0.3 is 0 Å². The predicted octanol–water partition coefficient (Wildman–Crippen LogP) is 2.46. The summed E-state index contributed by atoms with van der Waals surface area (Å²) in [6.45, 7) is 6.76. The second-order valence-electron chi connectivity index (χ2n) is 6.69. The van der Waals surface area contributed by atoms with E-state index in [1.54, 1.807) is 0 Å². The van der Waals surface area contributed by atoms with E-state index in [9.17, 15) is 4.79 Å². The van der Waals surface area contributed by atoms with E-state index in [1.807, 2.05) is 0 Å². The molecule has 0 aromatic rings. The van der Waals surface area contributed by atoms with Gasteiger partial charge in [0.15, 0.2) is 0 Å². The van der Waals surface area contributed by atoms with Crippen molar-refractivity contribution in [3.63, 3.8) is 0 Å². The topological polar surface area (TPSA) is 41.1 Å². The number of amides is 1. The van der Waals surface area contributed by atoms with Crippen molar-refractivity contribution in [2.75, 3.05) is 13.1 Å². The molecule has 0 aromatic carbocycles. The van der Waals surface area contributed by atoms with Crippen LogP contribution >= 0.6 is 0 Å². The molecule has 2 aliphatic rings. The van der Waals surface area contributed by atoms with Crippen molar-refractivity contribution < 1.29 is 4.79 Å². The zero-order chi connectivity index (χ0) is 13.0. The van der Waals surface area contributed by atoms with Crippen molar-refractivity contribution in [3.05, 3.63) is 0 Å². The van der Waals surface area contributed by atoms with E-state index in [2.05, 4.69) is 24.5 Å². The lowest BCUT2D eigenvalue weighted by molar-refractivity contribution is -0.123. The summed E-state index contributed by atoms with van der Waals surface area (Å²) in [4.78, 5) is 12.0. The van der Waals surface area contributed by atoms with Crippen LogP contribution in [0, 0.1) is 11.8 Å². The van der Waals surface area contributed by atoms with Crippen molar-refractivity contribution in [3.8, 4) is 0 Å². The van der Waals surface area contributed by atoms with Crippen LogP contribution in [-0.4, -0.2) is 24.5 Å². The first-order valence-corrected chi connectivity index (χ1v) is 7.59. The molecule has 0 bridgehead atoms. The molecule has 0 aromatic heterocycles. The van der Waals surface area contributed by atoms with E-state index in [0.717, 1.165) is 44.2 Å². The molecule has 0 spiro atoms. The minimum Gasteiger partial charge on any atom is -0.351 e. The fraction of sp³-hybridized carbons (Fsp3) is 0.933. The molecule has 2 N–H and O–H groups in total. The average molecular weight is 252 g/mol. The van der Waals surface area contributed by atoms with Crippen molar-refractivity contribution in [1.29, 1.82) is 0 Å². The van der Waals surface area contributed by atoms with Gasteiger partial charge in [-0.25, -0.2) is 0 Å². The molecule has 1 aliphatic carbocycles. The molecule has 1 atom stereocenters. The fourth-order valence-corrected chi connectivity index (χ4v) is 3.22. The lowest BCUT2D eigenvalue weighted by Crippen LogP contribution is -2.48. The highest BCUT2D eigenvalue weighted by atomic mass is 16.1. The summed E-state index contributed by atoms with van der Waals surface area (Å²) in [6, 6.07) is 0. The van der Waals surface area contributed by atoms with Gasteiger partial charge in [-0.05, 0) is 70.4 Å². The first kappa shape index (κ1) is 13.9. The summed E-state index contributed by atoms with van der Waals surface area (Å²) in [5.74, 6) is 1.81. The minimum atomic E-state index is 0.0670. The van der Waals surface area contributed by atoms with Gasteiger partial charge in [0.2, 0.25) is 5.91 Å².